The van der Waals surface area contributed by atoms with E-state index in [0.717, 1.165) is 5.56 Å². The van der Waals surface area contributed by atoms with Crippen LogP contribution in [0, 0.1) is 6.92 Å². The molecule has 27 heavy (non-hydrogen) atoms. The average Bonchev–Trinajstić information content (AvgIpc) is 2.65. The summed E-state index contributed by atoms with van der Waals surface area (Å²) in [7, 11) is 1.51. The molecule has 0 aliphatic carbocycles. The topological polar surface area (TPSA) is 85.9 Å². The number of halogens is 1. The number of amides is 2. The predicted molar refractivity (Wildman–Crippen MR) is 101 cm³/mol. The number of methoxy groups -OCH3 is 1. The molecule has 0 saturated carbocycles. The van der Waals surface area contributed by atoms with Crippen molar-refractivity contribution in [3.05, 3.63) is 53.1 Å². The largest absolute Gasteiger partial charge is 0.493 e. The first kappa shape index (κ1) is 20.4. The molecule has 1 unspecified atom stereocenters. The normalized spacial score (nSPS) is 11.3. The van der Waals surface area contributed by atoms with Crippen molar-refractivity contribution in [1.82, 2.24) is 10.9 Å². The number of hydrazine groups is 1. The predicted octanol–water partition coefficient (Wildman–Crippen LogP) is 2.65. The summed E-state index contributed by atoms with van der Waals surface area (Å²) < 4.78 is 16.1. The fraction of sp³-hybridized carbons (Fsp3) is 0.263. The lowest BCUT2D eigenvalue weighted by atomic mass is 10.2. The van der Waals surface area contributed by atoms with Crippen molar-refractivity contribution in [2.24, 2.45) is 0 Å². The highest BCUT2D eigenvalue weighted by molar-refractivity contribution is 6.30. The third kappa shape index (κ3) is 6.07. The van der Waals surface area contributed by atoms with Crippen molar-refractivity contribution in [3.63, 3.8) is 0 Å². The van der Waals surface area contributed by atoms with Crippen LogP contribution in [0.5, 0.6) is 17.2 Å². The zero-order valence-electron chi connectivity index (χ0n) is 15.2. The van der Waals surface area contributed by atoms with Crippen LogP contribution < -0.4 is 25.1 Å². The van der Waals surface area contributed by atoms with Crippen LogP contribution in [0.2, 0.25) is 5.02 Å². The Bertz CT molecular complexity index is 812. The van der Waals surface area contributed by atoms with Gasteiger partial charge in [-0.15, -0.1) is 0 Å². The van der Waals surface area contributed by atoms with Crippen LogP contribution in [0.25, 0.3) is 0 Å². The first-order valence-corrected chi connectivity index (χ1v) is 8.56. The van der Waals surface area contributed by atoms with Gasteiger partial charge >= 0.3 is 0 Å². The van der Waals surface area contributed by atoms with E-state index in [9.17, 15) is 9.59 Å². The van der Waals surface area contributed by atoms with Crippen LogP contribution in [-0.4, -0.2) is 31.6 Å². The van der Waals surface area contributed by atoms with E-state index in [1.807, 2.05) is 6.92 Å². The molecule has 0 spiro atoms. The first-order valence-electron chi connectivity index (χ1n) is 8.18. The summed E-state index contributed by atoms with van der Waals surface area (Å²) in [5, 5.41) is 0.584. The second kappa shape index (κ2) is 9.68. The van der Waals surface area contributed by atoms with E-state index in [2.05, 4.69) is 10.9 Å². The van der Waals surface area contributed by atoms with Gasteiger partial charge in [0.15, 0.2) is 24.2 Å². The quantitative estimate of drug-likeness (QED) is 0.707. The lowest BCUT2D eigenvalue weighted by molar-refractivity contribution is -0.133. The fourth-order valence-electron chi connectivity index (χ4n) is 2.15. The number of rotatable bonds is 7. The summed E-state index contributed by atoms with van der Waals surface area (Å²) in [6.45, 7) is 3.11. The Morgan fingerprint density at radius 1 is 1.07 bits per heavy atom. The smallest absolute Gasteiger partial charge is 0.279 e. The molecule has 2 N–H and O–H groups in total. The number of nitrogens with one attached hydrogen (secondary N) is 2. The van der Waals surface area contributed by atoms with Gasteiger partial charge in [0, 0.05) is 5.02 Å². The van der Waals surface area contributed by atoms with Crippen molar-refractivity contribution in [2.75, 3.05) is 13.7 Å². The second-order valence-electron chi connectivity index (χ2n) is 5.65. The Kier molecular flexibility index (Phi) is 7.31. The van der Waals surface area contributed by atoms with Crippen molar-refractivity contribution in [3.8, 4) is 17.2 Å². The summed E-state index contributed by atoms with van der Waals surface area (Å²) >= 11 is 5.87. The molecule has 2 aromatic carbocycles. The summed E-state index contributed by atoms with van der Waals surface area (Å²) in [4.78, 5) is 23.9. The molecule has 2 rings (SSSR count). The zero-order chi connectivity index (χ0) is 19.8. The van der Waals surface area contributed by atoms with E-state index < -0.39 is 17.9 Å². The molecule has 0 heterocycles. The SMILES string of the molecule is COc1ccccc1OC(C)C(=O)NNC(=O)COc1ccc(Cl)cc1C. The standard InChI is InChI=1S/C19H21ClN2O5/c1-12-10-14(20)8-9-15(12)26-11-18(23)21-22-19(24)13(2)27-17-7-5-4-6-16(17)25-3/h4-10,13H,11H2,1-3H3,(H,21,23)(H,22,24). The molecular formula is C19H21ClN2O5. The van der Waals surface area contributed by atoms with Crippen molar-refractivity contribution < 1.29 is 23.8 Å². The van der Waals surface area contributed by atoms with Crippen LogP contribution in [-0.2, 0) is 9.59 Å². The van der Waals surface area contributed by atoms with Crippen molar-refractivity contribution in [1.29, 1.82) is 0 Å². The van der Waals surface area contributed by atoms with Crippen LogP contribution in [0.15, 0.2) is 42.5 Å². The monoisotopic (exact) mass is 392 g/mol. The fourth-order valence-corrected chi connectivity index (χ4v) is 2.37. The molecule has 8 heteroatoms. The Morgan fingerprint density at radius 3 is 2.44 bits per heavy atom. The number of para-hydroxylation sites is 2. The number of carbonyl (C=O) groups is 2. The first-order chi connectivity index (χ1) is 12.9. The van der Waals surface area contributed by atoms with Gasteiger partial charge in [-0.3, -0.25) is 20.4 Å². The van der Waals surface area contributed by atoms with Gasteiger partial charge < -0.3 is 14.2 Å². The number of hydrogen-bond acceptors (Lipinski definition) is 5. The number of benzene rings is 2. The van der Waals surface area contributed by atoms with Gasteiger partial charge in [0.05, 0.1) is 7.11 Å². The molecule has 0 aromatic heterocycles. The van der Waals surface area contributed by atoms with Crippen LogP contribution in [0.3, 0.4) is 0 Å². The van der Waals surface area contributed by atoms with Crippen LogP contribution in [0.4, 0.5) is 0 Å². The van der Waals surface area contributed by atoms with Crippen LogP contribution in [0.1, 0.15) is 12.5 Å². The van der Waals surface area contributed by atoms with Gasteiger partial charge in [-0.1, -0.05) is 23.7 Å². The van der Waals surface area contributed by atoms with Gasteiger partial charge in [0.1, 0.15) is 5.75 Å². The highest BCUT2D eigenvalue weighted by atomic mass is 35.5. The van der Waals surface area contributed by atoms with Crippen LogP contribution >= 0.6 is 11.6 Å². The Labute approximate surface area is 162 Å². The molecule has 0 aliphatic heterocycles. The third-order valence-electron chi connectivity index (χ3n) is 3.56. The molecule has 0 aliphatic rings. The zero-order valence-corrected chi connectivity index (χ0v) is 16.0. The summed E-state index contributed by atoms with van der Waals surface area (Å²) in [5.41, 5.74) is 5.38. The van der Waals surface area contributed by atoms with E-state index in [-0.39, 0.29) is 6.61 Å². The summed E-state index contributed by atoms with van der Waals surface area (Å²) in [6, 6.07) is 12.0. The van der Waals surface area contributed by atoms with E-state index in [0.29, 0.717) is 22.3 Å². The van der Waals surface area contributed by atoms with Gasteiger partial charge in [-0.25, -0.2) is 0 Å². The van der Waals surface area contributed by atoms with E-state index in [1.54, 1.807) is 49.4 Å². The minimum Gasteiger partial charge on any atom is -0.493 e. The Balaban J connectivity index is 1.79. The maximum atomic E-state index is 12.1. The number of hydrogen-bond donors (Lipinski definition) is 2. The molecule has 0 saturated heterocycles. The number of ether oxygens (including phenoxy) is 3. The molecule has 0 bridgehead atoms. The van der Waals surface area contributed by atoms with Crippen molar-refractivity contribution in [2.45, 2.75) is 20.0 Å². The van der Waals surface area contributed by atoms with Gasteiger partial charge in [-0.05, 0) is 49.7 Å². The Morgan fingerprint density at radius 2 is 1.78 bits per heavy atom. The molecule has 2 amide bonds. The Hall–Kier alpha value is -2.93. The summed E-state index contributed by atoms with van der Waals surface area (Å²) in [5.74, 6) is 0.441. The van der Waals surface area contributed by atoms with Gasteiger partial charge in [-0.2, -0.15) is 0 Å². The number of carbonyl (C=O) groups excluding carboxylic acids is 2. The van der Waals surface area contributed by atoms with E-state index in [1.165, 1.54) is 7.11 Å². The molecule has 0 fully saturated rings. The van der Waals surface area contributed by atoms with Gasteiger partial charge in [0.2, 0.25) is 0 Å². The van der Waals surface area contributed by atoms with Crippen molar-refractivity contribution >= 4 is 23.4 Å². The molecule has 1 atom stereocenters. The highest BCUT2D eigenvalue weighted by Gasteiger charge is 2.17. The number of aryl methyl sites for hydroxylation is 1. The molecular weight excluding hydrogens is 372 g/mol. The minimum atomic E-state index is -0.846. The van der Waals surface area contributed by atoms with E-state index >= 15 is 0 Å². The molecule has 144 valence electrons. The highest BCUT2D eigenvalue weighted by Crippen LogP contribution is 2.26. The molecule has 0 radical (unpaired) electrons. The maximum Gasteiger partial charge on any atom is 0.279 e. The third-order valence-corrected chi connectivity index (χ3v) is 3.80. The average molecular weight is 393 g/mol. The summed E-state index contributed by atoms with van der Waals surface area (Å²) in [6.07, 6.45) is -0.846. The van der Waals surface area contributed by atoms with Gasteiger partial charge in [0.25, 0.3) is 11.8 Å². The van der Waals surface area contributed by atoms with E-state index in [4.69, 9.17) is 25.8 Å². The molecule has 7 nitrogen and oxygen atoms in total. The molecule has 2 aromatic rings. The lowest BCUT2D eigenvalue weighted by Gasteiger charge is -2.17. The minimum absolute atomic E-state index is 0.259. The second-order valence-corrected chi connectivity index (χ2v) is 6.08. The maximum absolute atomic E-state index is 12.1. The lowest BCUT2D eigenvalue weighted by Crippen LogP contribution is -2.48.